The summed E-state index contributed by atoms with van der Waals surface area (Å²) in [7, 11) is 1.59. The Morgan fingerprint density at radius 1 is 1.30 bits per heavy atom. The second-order valence-corrected chi connectivity index (χ2v) is 4.94. The van der Waals surface area contributed by atoms with E-state index in [2.05, 4.69) is 5.32 Å². The van der Waals surface area contributed by atoms with Crippen molar-refractivity contribution in [2.24, 2.45) is 5.92 Å². The molecule has 0 spiro atoms. The summed E-state index contributed by atoms with van der Waals surface area (Å²) in [5.41, 5.74) is 0.854. The van der Waals surface area contributed by atoms with Crippen LogP contribution in [0.15, 0.2) is 24.3 Å². The van der Waals surface area contributed by atoms with Gasteiger partial charge in [-0.05, 0) is 30.0 Å². The summed E-state index contributed by atoms with van der Waals surface area (Å²) in [6, 6.07) is 6.72. The molecule has 0 saturated carbocycles. The van der Waals surface area contributed by atoms with E-state index in [1.165, 1.54) is 0 Å². The van der Waals surface area contributed by atoms with Gasteiger partial charge in [-0.1, -0.05) is 26.0 Å². The second-order valence-electron chi connectivity index (χ2n) is 4.94. The maximum atomic E-state index is 11.6. The van der Waals surface area contributed by atoms with Crippen LogP contribution >= 0.6 is 0 Å². The highest BCUT2D eigenvalue weighted by Crippen LogP contribution is 2.12. The first-order valence-electron chi connectivity index (χ1n) is 6.56. The average Bonchev–Trinajstić information content (AvgIpc) is 2.44. The standard InChI is InChI=1S/C15H21NO4/c1-11(2)8-13(9-17)16-15(18)20-10-12-4-6-14(19-3)7-5-12/h4-7,9,11,13H,8,10H2,1-3H3,(H,16,18)/t13-/m0/s1. The summed E-state index contributed by atoms with van der Waals surface area (Å²) in [6.07, 6.45) is 0.744. The van der Waals surface area contributed by atoms with Gasteiger partial charge in [-0.2, -0.15) is 0 Å². The lowest BCUT2D eigenvalue weighted by atomic mass is 10.1. The van der Waals surface area contributed by atoms with E-state index in [1.54, 1.807) is 19.2 Å². The molecule has 1 aromatic rings. The predicted octanol–water partition coefficient (Wildman–Crippen LogP) is 2.54. The Labute approximate surface area is 119 Å². The molecular formula is C15H21NO4. The van der Waals surface area contributed by atoms with Crippen molar-refractivity contribution >= 4 is 12.4 Å². The minimum Gasteiger partial charge on any atom is -0.497 e. The van der Waals surface area contributed by atoms with Gasteiger partial charge in [0.2, 0.25) is 0 Å². The summed E-state index contributed by atoms with van der Waals surface area (Å²) < 4.78 is 10.1. The lowest BCUT2D eigenvalue weighted by Crippen LogP contribution is -2.37. The molecule has 0 saturated heterocycles. The van der Waals surface area contributed by atoms with Crippen molar-refractivity contribution in [2.45, 2.75) is 32.9 Å². The number of amides is 1. The third kappa shape index (κ3) is 5.73. The van der Waals surface area contributed by atoms with E-state index in [9.17, 15) is 9.59 Å². The number of rotatable bonds is 7. The van der Waals surface area contributed by atoms with Crippen LogP contribution in [0, 0.1) is 5.92 Å². The molecule has 0 aliphatic rings. The Morgan fingerprint density at radius 2 is 1.95 bits per heavy atom. The number of benzene rings is 1. The summed E-state index contributed by atoms with van der Waals surface area (Å²) in [5, 5.41) is 2.54. The minimum absolute atomic E-state index is 0.156. The molecule has 0 bridgehead atoms. The Kier molecular flexibility index (Phi) is 6.56. The molecule has 1 amide bonds. The van der Waals surface area contributed by atoms with Crippen molar-refractivity contribution in [3.8, 4) is 5.75 Å². The van der Waals surface area contributed by atoms with E-state index in [4.69, 9.17) is 9.47 Å². The molecule has 5 heteroatoms. The third-order valence-corrected chi connectivity index (χ3v) is 2.72. The van der Waals surface area contributed by atoms with Gasteiger partial charge in [0, 0.05) is 0 Å². The van der Waals surface area contributed by atoms with Crippen LogP contribution in [-0.4, -0.2) is 25.5 Å². The molecule has 0 aromatic heterocycles. The zero-order valence-corrected chi connectivity index (χ0v) is 12.1. The molecule has 0 aliphatic heterocycles. The normalized spacial score (nSPS) is 11.8. The van der Waals surface area contributed by atoms with Crippen LogP contribution < -0.4 is 10.1 Å². The van der Waals surface area contributed by atoms with Crippen LogP contribution in [0.4, 0.5) is 4.79 Å². The van der Waals surface area contributed by atoms with Crippen molar-refractivity contribution in [2.75, 3.05) is 7.11 Å². The van der Waals surface area contributed by atoms with Crippen LogP contribution in [0.5, 0.6) is 5.75 Å². The van der Waals surface area contributed by atoms with Crippen molar-refractivity contribution < 1.29 is 19.1 Å². The lowest BCUT2D eigenvalue weighted by Gasteiger charge is -2.14. The fourth-order valence-corrected chi connectivity index (χ4v) is 1.72. The lowest BCUT2D eigenvalue weighted by molar-refractivity contribution is -0.109. The Morgan fingerprint density at radius 3 is 2.45 bits per heavy atom. The molecule has 0 fully saturated rings. The first-order valence-corrected chi connectivity index (χ1v) is 6.56. The Bertz CT molecular complexity index is 428. The molecule has 1 atom stereocenters. The van der Waals surface area contributed by atoms with Crippen LogP contribution in [-0.2, 0) is 16.1 Å². The monoisotopic (exact) mass is 279 g/mol. The van der Waals surface area contributed by atoms with Gasteiger partial charge in [0.15, 0.2) is 0 Å². The summed E-state index contributed by atoms with van der Waals surface area (Å²) >= 11 is 0. The van der Waals surface area contributed by atoms with E-state index in [0.29, 0.717) is 12.3 Å². The molecule has 1 N–H and O–H groups in total. The van der Waals surface area contributed by atoms with Crippen LogP contribution in [0.3, 0.4) is 0 Å². The Hall–Kier alpha value is -2.04. The molecular weight excluding hydrogens is 258 g/mol. The number of hydrogen-bond donors (Lipinski definition) is 1. The van der Waals surface area contributed by atoms with Crippen molar-refractivity contribution in [1.82, 2.24) is 5.32 Å². The van der Waals surface area contributed by atoms with E-state index in [0.717, 1.165) is 17.6 Å². The maximum Gasteiger partial charge on any atom is 0.408 e. The van der Waals surface area contributed by atoms with Gasteiger partial charge in [0.25, 0.3) is 0 Å². The highest BCUT2D eigenvalue weighted by molar-refractivity contribution is 5.73. The predicted molar refractivity (Wildman–Crippen MR) is 75.6 cm³/mol. The molecule has 0 unspecified atom stereocenters. The van der Waals surface area contributed by atoms with Gasteiger partial charge in [0.05, 0.1) is 13.2 Å². The number of aldehydes is 1. The molecule has 1 aromatic carbocycles. The number of ether oxygens (including phenoxy) is 2. The van der Waals surface area contributed by atoms with E-state index < -0.39 is 12.1 Å². The van der Waals surface area contributed by atoms with Gasteiger partial charge in [0.1, 0.15) is 18.6 Å². The molecule has 5 nitrogen and oxygen atoms in total. The first kappa shape index (κ1) is 16.0. The van der Waals surface area contributed by atoms with Gasteiger partial charge in [-0.15, -0.1) is 0 Å². The highest BCUT2D eigenvalue weighted by Gasteiger charge is 2.13. The largest absolute Gasteiger partial charge is 0.497 e. The zero-order valence-electron chi connectivity index (χ0n) is 12.1. The summed E-state index contributed by atoms with van der Waals surface area (Å²) in [6.45, 7) is 4.13. The van der Waals surface area contributed by atoms with E-state index in [-0.39, 0.29) is 6.61 Å². The quantitative estimate of drug-likeness (QED) is 0.779. The zero-order chi connectivity index (χ0) is 15.0. The average molecular weight is 279 g/mol. The number of methoxy groups -OCH3 is 1. The van der Waals surface area contributed by atoms with Gasteiger partial charge < -0.3 is 19.6 Å². The maximum absolute atomic E-state index is 11.6. The van der Waals surface area contributed by atoms with Gasteiger partial charge in [-0.25, -0.2) is 4.79 Å². The van der Waals surface area contributed by atoms with E-state index >= 15 is 0 Å². The second kappa shape index (κ2) is 8.19. The van der Waals surface area contributed by atoms with Crippen molar-refractivity contribution in [3.05, 3.63) is 29.8 Å². The number of hydrogen-bond acceptors (Lipinski definition) is 4. The van der Waals surface area contributed by atoms with Crippen molar-refractivity contribution in [3.63, 3.8) is 0 Å². The fraction of sp³-hybridized carbons (Fsp3) is 0.467. The molecule has 0 heterocycles. The smallest absolute Gasteiger partial charge is 0.408 e. The number of alkyl carbamates (subject to hydrolysis) is 1. The summed E-state index contributed by atoms with van der Waals surface area (Å²) in [5.74, 6) is 1.07. The third-order valence-electron chi connectivity index (χ3n) is 2.72. The molecule has 0 radical (unpaired) electrons. The van der Waals surface area contributed by atoms with Crippen LogP contribution in [0.2, 0.25) is 0 Å². The fourth-order valence-electron chi connectivity index (χ4n) is 1.72. The Balaban J connectivity index is 2.39. The topological polar surface area (TPSA) is 64.6 Å². The van der Waals surface area contributed by atoms with Crippen LogP contribution in [0.25, 0.3) is 0 Å². The summed E-state index contributed by atoms with van der Waals surface area (Å²) in [4.78, 5) is 22.4. The first-order chi connectivity index (χ1) is 9.55. The molecule has 20 heavy (non-hydrogen) atoms. The van der Waals surface area contributed by atoms with Crippen LogP contribution in [0.1, 0.15) is 25.8 Å². The number of nitrogens with one attached hydrogen (secondary N) is 1. The van der Waals surface area contributed by atoms with E-state index in [1.807, 2.05) is 26.0 Å². The highest BCUT2D eigenvalue weighted by atomic mass is 16.5. The number of carbonyl (C=O) groups is 2. The van der Waals surface area contributed by atoms with Gasteiger partial charge in [-0.3, -0.25) is 0 Å². The SMILES string of the molecule is COc1ccc(COC(=O)N[C@H](C=O)CC(C)C)cc1. The van der Waals surface area contributed by atoms with Crippen molar-refractivity contribution in [1.29, 1.82) is 0 Å². The van der Waals surface area contributed by atoms with Gasteiger partial charge >= 0.3 is 6.09 Å². The minimum atomic E-state index is -0.585. The number of carbonyl (C=O) groups excluding carboxylic acids is 2. The molecule has 0 aliphatic carbocycles. The molecule has 1 rings (SSSR count). The molecule has 110 valence electrons.